The van der Waals surface area contributed by atoms with Gasteiger partial charge in [0.05, 0.1) is 23.6 Å². The normalized spacial score (nSPS) is 23.1. The number of aryl methyl sites for hydroxylation is 1. The van der Waals surface area contributed by atoms with Crippen molar-refractivity contribution in [1.29, 1.82) is 0 Å². The number of nitrogens with zero attached hydrogens (tertiary/aromatic N) is 2. The first-order valence-corrected chi connectivity index (χ1v) is 8.60. The van der Waals surface area contributed by atoms with Crippen LogP contribution in [0.3, 0.4) is 0 Å². The predicted molar refractivity (Wildman–Crippen MR) is 105 cm³/mol. The van der Waals surface area contributed by atoms with E-state index in [1.165, 1.54) is 16.7 Å². The Morgan fingerprint density at radius 1 is 1.25 bits per heavy atom. The minimum atomic E-state index is -0.230. The molecule has 2 aliphatic heterocycles. The van der Waals surface area contributed by atoms with Gasteiger partial charge in [-0.05, 0) is 31.1 Å². The summed E-state index contributed by atoms with van der Waals surface area (Å²) < 4.78 is 0. The Labute approximate surface area is 146 Å². The lowest BCUT2D eigenvalue weighted by Crippen LogP contribution is -2.55. The molecule has 0 radical (unpaired) electrons. The Morgan fingerprint density at radius 2 is 1.96 bits per heavy atom. The molecule has 1 N–H and O–H groups in total. The minimum Gasteiger partial charge on any atom is -0.361 e. The molecule has 24 heavy (non-hydrogen) atoms. The first-order chi connectivity index (χ1) is 11.4. The molecule has 0 saturated carbocycles. The summed E-state index contributed by atoms with van der Waals surface area (Å²) in [5, 5.41) is 3.49. The standard InChI is InChI=1S/C19H23N3.C2H6/c1-13-7-6-8-16(9-13)17-10-18(20-12-17)19(4)11-14(2)22(5)15(3)21-19;1-2/h6-10,21H,2-3,11-12H2,1,4-5H3;1-2H3/t19-;/m0./s1. The average molecular weight is 323 g/mol. The predicted octanol–water partition coefficient (Wildman–Crippen LogP) is 4.53. The summed E-state index contributed by atoms with van der Waals surface area (Å²) in [6, 6.07) is 8.59. The number of rotatable bonds is 2. The topological polar surface area (TPSA) is 27.6 Å². The van der Waals surface area contributed by atoms with Crippen LogP contribution in [0, 0.1) is 6.92 Å². The van der Waals surface area contributed by atoms with Gasteiger partial charge in [-0.1, -0.05) is 56.8 Å². The first-order valence-electron chi connectivity index (χ1n) is 8.60. The van der Waals surface area contributed by atoms with Crippen molar-refractivity contribution in [1.82, 2.24) is 10.2 Å². The van der Waals surface area contributed by atoms with E-state index in [4.69, 9.17) is 4.99 Å². The Balaban J connectivity index is 0.00000100. The molecule has 0 bridgehead atoms. The van der Waals surface area contributed by atoms with Crippen LogP contribution in [0.1, 0.15) is 38.3 Å². The number of hydrogen-bond acceptors (Lipinski definition) is 3. The lowest BCUT2D eigenvalue weighted by molar-refractivity contribution is 0.326. The number of nitrogens with one attached hydrogen (secondary N) is 1. The van der Waals surface area contributed by atoms with Crippen molar-refractivity contribution in [3.05, 3.63) is 66.1 Å². The van der Waals surface area contributed by atoms with E-state index in [9.17, 15) is 0 Å². The average Bonchev–Trinajstić information content (AvgIpc) is 3.05. The van der Waals surface area contributed by atoms with Crippen LogP contribution < -0.4 is 5.32 Å². The van der Waals surface area contributed by atoms with Crippen LogP contribution in [-0.2, 0) is 0 Å². The van der Waals surface area contributed by atoms with Gasteiger partial charge in [0.2, 0.25) is 0 Å². The Hall–Kier alpha value is -2.29. The van der Waals surface area contributed by atoms with Crippen molar-refractivity contribution in [2.45, 2.75) is 39.7 Å². The molecule has 1 aromatic carbocycles. The summed E-state index contributed by atoms with van der Waals surface area (Å²) in [5.41, 5.74) is 5.72. The highest BCUT2D eigenvalue weighted by Gasteiger charge is 2.37. The zero-order valence-electron chi connectivity index (χ0n) is 15.6. The molecule has 3 nitrogen and oxygen atoms in total. The fourth-order valence-corrected chi connectivity index (χ4v) is 3.10. The summed E-state index contributed by atoms with van der Waals surface area (Å²) >= 11 is 0. The molecule has 0 unspecified atom stereocenters. The van der Waals surface area contributed by atoms with Crippen molar-refractivity contribution >= 4 is 11.3 Å². The van der Waals surface area contributed by atoms with E-state index in [0.29, 0.717) is 0 Å². The van der Waals surface area contributed by atoms with Crippen molar-refractivity contribution in [2.24, 2.45) is 4.99 Å². The van der Waals surface area contributed by atoms with Crippen molar-refractivity contribution in [2.75, 3.05) is 13.6 Å². The number of aliphatic imine (C=N–C) groups is 1. The van der Waals surface area contributed by atoms with Crippen LogP contribution in [0.5, 0.6) is 0 Å². The van der Waals surface area contributed by atoms with Gasteiger partial charge in [0.25, 0.3) is 0 Å². The molecule has 1 saturated heterocycles. The zero-order valence-corrected chi connectivity index (χ0v) is 15.6. The molecular formula is C21H29N3. The van der Waals surface area contributed by atoms with Gasteiger partial charge in [-0.25, -0.2) is 0 Å². The van der Waals surface area contributed by atoms with Gasteiger partial charge in [-0.3, -0.25) is 4.99 Å². The van der Waals surface area contributed by atoms with Gasteiger partial charge >= 0.3 is 0 Å². The fourth-order valence-electron chi connectivity index (χ4n) is 3.10. The molecule has 1 aromatic rings. The molecule has 0 spiro atoms. The lowest BCUT2D eigenvalue weighted by atomic mass is 9.87. The molecular weight excluding hydrogens is 294 g/mol. The molecule has 1 fully saturated rings. The van der Waals surface area contributed by atoms with Crippen LogP contribution in [-0.4, -0.2) is 29.7 Å². The minimum absolute atomic E-state index is 0.230. The second-order valence-corrected chi connectivity index (χ2v) is 6.45. The van der Waals surface area contributed by atoms with Gasteiger partial charge in [-0.15, -0.1) is 0 Å². The summed E-state index contributed by atoms with van der Waals surface area (Å²) in [6.45, 7) is 17.3. The molecule has 2 heterocycles. The first kappa shape index (κ1) is 18.1. The van der Waals surface area contributed by atoms with E-state index in [-0.39, 0.29) is 5.54 Å². The van der Waals surface area contributed by atoms with Crippen molar-refractivity contribution in [3.8, 4) is 0 Å². The van der Waals surface area contributed by atoms with Crippen molar-refractivity contribution < 1.29 is 0 Å². The summed E-state index contributed by atoms with van der Waals surface area (Å²) in [4.78, 5) is 6.78. The SMILES string of the molecule is C=C1C[C@@](C)(C2=NCC(c3cccc(C)c3)=C2)NC(=C)N1C.CC. The van der Waals surface area contributed by atoms with Gasteiger partial charge in [0.1, 0.15) is 0 Å². The third-order valence-electron chi connectivity index (χ3n) is 4.54. The monoisotopic (exact) mass is 323 g/mol. The molecule has 2 aliphatic rings. The summed E-state index contributed by atoms with van der Waals surface area (Å²) in [5.74, 6) is 0.874. The van der Waals surface area contributed by atoms with E-state index in [0.717, 1.165) is 30.2 Å². The Morgan fingerprint density at radius 3 is 2.58 bits per heavy atom. The van der Waals surface area contributed by atoms with Crippen LogP contribution in [0.2, 0.25) is 0 Å². The van der Waals surface area contributed by atoms with E-state index in [1.807, 2.05) is 25.8 Å². The molecule has 0 amide bonds. The van der Waals surface area contributed by atoms with Gasteiger partial charge in [0, 0.05) is 19.2 Å². The zero-order chi connectivity index (χ0) is 17.9. The highest BCUT2D eigenvalue weighted by molar-refractivity contribution is 6.10. The number of hydrogen-bond donors (Lipinski definition) is 1. The number of benzene rings is 1. The second-order valence-electron chi connectivity index (χ2n) is 6.45. The van der Waals surface area contributed by atoms with Gasteiger partial charge in [-0.2, -0.15) is 0 Å². The van der Waals surface area contributed by atoms with Crippen LogP contribution in [0.4, 0.5) is 0 Å². The third-order valence-corrected chi connectivity index (χ3v) is 4.54. The van der Waals surface area contributed by atoms with E-state index in [2.05, 4.69) is 62.7 Å². The van der Waals surface area contributed by atoms with E-state index < -0.39 is 0 Å². The molecule has 0 aromatic heterocycles. The maximum Gasteiger partial charge on any atom is 0.0986 e. The maximum atomic E-state index is 4.77. The molecule has 3 rings (SSSR count). The Kier molecular flexibility index (Phi) is 5.33. The third kappa shape index (κ3) is 3.45. The highest BCUT2D eigenvalue weighted by Crippen LogP contribution is 2.31. The second kappa shape index (κ2) is 7.08. The smallest absolute Gasteiger partial charge is 0.0986 e. The van der Waals surface area contributed by atoms with Gasteiger partial charge in [0.15, 0.2) is 0 Å². The van der Waals surface area contributed by atoms with Gasteiger partial charge < -0.3 is 10.2 Å². The van der Waals surface area contributed by atoms with Crippen LogP contribution in [0.25, 0.3) is 5.57 Å². The fraction of sp³-hybridized carbons (Fsp3) is 0.381. The lowest BCUT2D eigenvalue weighted by Gasteiger charge is -2.42. The largest absolute Gasteiger partial charge is 0.361 e. The molecule has 0 aliphatic carbocycles. The molecule has 3 heteroatoms. The molecule has 128 valence electrons. The quantitative estimate of drug-likeness (QED) is 0.866. The van der Waals surface area contributed by atoms with Crippen molar-refractivity contribution in [3.63, 3.8) is 0 Å². The van der Waals surface area contributed by atoms with E-state index in [1.54, 1.807) is 0 Å². The highest BCUT2D eigenvalue weighted by atomic mass is 15.3. The van der Waals surface area contributed by atoms with E-state index >= 15 is 0 Å². The Bertz CT molecular complexity index is 692. The maximum absolute atomic E-state index is 4.77. The van der Waals surface area contributed by atoms with Crippen LogP contribution >= 0.6 is 0 Å². The summed E-state index contributed by atoms with van der Waals surface area (Å²) in [7, 11) is 1.99. The summed E-state index contributed by atoms with van der Waals surface area (Å²) in [6.07, 6.45) is 3.05. The molecule has 1 atom stereocenters. The van der Waals surface area contributed by atoms with Crippen LogP contribution in [0.15, 0.2) is 60.0 Å².